The molecule has 9 N–H and O–H groups in total. The molecule has 25 heavy (non-hydrogen) atoms. The summed E-state index contributed by atoms with van der Waals surface area (Å²) in [4.78, 5) is 86.9. The van der Waals surface area contributed by atoms with Crippen LogP contribution in [0.1, 0.15) is 0 Å². The van der Waals surface area contributed by atoms with Gasteiger partial charge in [-0.1, -0.05) is 0 Å². The molecule has 0 spiro atoms. The van der Waals surface area contributed by atoms with E-state index < -0.39 is 59.2 Å². The second-order valence-corrected chi connectivity index (χ2v) is 8.43. The molecule has 0 radical (unpaired) electrons. The molecular weight excluding hydrogens is 475 g/mol. The van der Waals surface area contributed by atoms with E-state index in [2.05, 4.69) is 0 Å². The van der Waals surface area contributed by atoms with E-state index in [1.54, 1.807) is 0 Å². The molecule has 0 fully saturated rings. The molecule has 0 saturated carbocycles. The summed E-state index contributed by atoms with van der Waals surface area (Å²) in [5, 5.41) is 18.2. The van der Waals surface area contributed by atoms with Gasteiger partial charge in [0.15, 0.2) is 18.5 Å². The minimum atomic E-state index is -4.51. The molecule has 15 nitrogen and oxygen atoms in total. The summed E-state index contributed by atoms with van der Waals surface area (Å²) in [5.41, 5.74) is 0. The fraction of sp³-hybridized carbons (Fsp3) is 0.500. The number of hydrogen-bond acceptors (Lipinski definition) is 9. The molecule has 0 amide bonds. The normalized spacial score (nSPS) is 10.8. The predicted octanol–water partition coefficient (Wildman–Crippen LogP) is -9.10. The molecule has 0 aromatic rings. The first kappa shape index (κ1) is 32.2. The summed E-state index contributed by atoms with van der Waals surface area (Å²) in [6, 6.07) is 0. The van der Waals surface area contributed by atoms with Crippen molar-refractivity contribution in [3.63, 3.8) is 0 Å². The summed E-state index contributed by atoms with van der Waals surface area (Å²) in [5.74, 6) is -3.90. The molecule has 0 saturated heterocycles. The van der Waals surface area contributed by atoms with Crippen molar-refractivity contribution in [3.05, 3.63) is 0 Å². The van der Waals surface area contributed by atoms with Gasteiger partial charge in [0.1, 0.15) is 22.8 Å². The summed E-state index contributed by atoms with van der Waals surface area (Å²) in [6.07, 6.45) is -3.27. The Hall–Kier alpha value is -0.504. The zero-order valence-corrected chi connectivity index (χ0v) is 17.2. The van der Waals surface area contributed by atoms with E-state index in [4.69, 9.17) is 29.0 Å². The molecule has 0 heterocycles. The van der Waals surface area contributed by atoms with Gasteiger partial charge < -0.3 is 58.4 Å². The Labute approximate surface area is 152 Å². The summed E-state index contributed by atoms with van der Waals surface area (Å²) < 4.78 is 23.5. The monoisotopic (exact) mass is 489 g/mol. The van der Waals surface area contributed by atoms with Gasteiger partial charge in [-0.05, 0) is 0 Å². The van der Waals surface area contributed by atoms with Gasteiger partial charge in [0.05, 0.1) is 0 Å². The third kappa shape index (κ3) is 51.7. The third-order valence-corrected chi connectivity index (χ3v) is 3.09. The molecule has 0 unspecified atom stereocenters. The first-order valence-electron chi connectivity index (χ1n) is 5.07. The molecule has 0 aromatic heterocycles. The molecule has 0 rings (SSSR count). The van der Waals surface area contributed by atoms with Crippen molar-refractivity contribution in [1.29, 1.82) is 0 Å². The van der Waals surface area contributed by atoms with E-state index >= 15 is 0 Å². The van der Waals surface area contributed by atoms with Crippen LogP contribution in [-0.4, -0.2) is 85.2 Å². The molecule has 19 heteroatoms. The van der Waals surface area contributed by atoms with Crippen molar-refractivity contribution < 1.29 is 72.8 Å². The van der Waals surface area contributed by atoms with Gasteiger partial charge in [-0.15, -0.1) is 0 Å². The second-order valence-electron chi connectivity index (χ2n) is 3.66. The molecule has 144 valence electrons. The van der Waals surface area contributed by atoms with Crippen molar-refractivity contribution in [2.45, 2.75) is 0 Å². The van der Waals surface area contributed by atoms with Crippen LogP contribution in [0.5, 0.6) is 0 Å². The zero-order chi connectivity index (χ0) is 20.4. The van der Waals surface area contributed by atoms with Gasteiger partial charge in [0.25, 0.3) is 0 Å². The first-order chi connectivity index (χ1) is 10.2. The van der Waals surface area contributed by atoms with Crippen molar-refractivity contribution in [3.8, 4) is 0 Å². The van der Waals surface area contributed by atoms with Crippen molar-refractivity contribution in [2.24, 2.45) is 0 Å². The van der Waals surface area contributed by atoms with Crippen LogP contribution in [0.15, 0.2) is 0 Å². The van der Waals surface area contributed by atoms with Crippen LogP contribution in [-0.2, 0) is 14.4 Å². The first-order valence-corrected chi connectivity index (χ1v) is 10.4. The number of carbonyl (C=O) groups is 3. The molecule has 0 bridgehead atoms. The average Bonchev–Trinajstić information content (AvgIpc) is 2.04. The van der Waals surface area contributed by atoms with Crippen molar-refractivity contribution >= 4 is 60.5 Å². The SMILES string of the molecule is O=C([OH2+])CP([O-])([O-])=[OH+].O=C([OH2+])CP([O-])([O-])=[OH+].O=C([OH2+])CP([O-])([O-])=[OH+].[Ga+3]. The Bertz CT molecular complexity index is 487. The predicted molar refractivity (Wildman–Crippen MR) is 72.8 cm³/mol. The molecule has 0 aliphatic rings. The van der Waals surface area contributed by atoms with Crippen LogP contribution in [0, 0.1) is 0 Å². The molecule has 0 aliphatic carbocycles. The van der Waals surface area contributed by atoms with Crippen LogP contribution in [0.4, 0.5) is 0 Å². The van der Waals surface area contributed by atoms with Crippen LogP contribution < -0.4 is 29.4 Å². The van der Waals surface area contributed by atoms with E-state index in [1.165, 1.54) is 0 Å². The Morgan fingerprint density at radius 3 is 0.720 bits per heavy atom. The van der Waals surface area contributed by atoms with Gasteiger partial charge in [-0.25, -0.2) is 0 Å². The Balaban J connectivity index is -0.000000130. The maximum absolute atomic E-state index is 9.68. The molecule has 0 aromatic carbocycles. The largest absolute Gasteiger partial charge is 3.00 e. The van der Waals surface area contributed by atoms with Crippen LogP contribution in [0.25, 0.3) is 0 Å². The van der Waals surface area contributed by atoms with Crippen LogP contribution >= 0.6 is 22.8 Å². The average molecular weight is 490 g/mol. The van der Waals surface area contributed by atoms with E-state index in [1.807, 2.05) is 0 Å². The maximum Gasteiger partial charge on any atom is 3.00 e. The number of carbonyl (C=O) groups excluding carboxylic acids is 3. The standard InChI is InChI=1S/3C2H5O5P.Ga/c3*3-2(4)1-8(5,6)7;/h3*1H2,(H,3,4)(H2,5,6,7);/q;;;+3. The second kappa shape index (κ2) is 13.7. The quantitative estimate of drug-likeness (QED) is 0.194. The minimum Gasteiger partial charge on any atom is -0.768 e. The fourth-order valence-corrected chi connectivity index (χ4v) is 1.63. The van der Waals surface area contributed by atoms with E-state index in [-0.39, 0.29) is 19.8 Å². The van der Waals surface area contributed by atoms with E-state index in [0.29, 0.717) is 0 Å². The number of rotatable bonds is 6. The van der Waals surface area contributed by atoms with Gasteiger partial charge in [0.2, 0.25) is 0 Å². The topological polar surface area (TPSA) is 322 Å². The Morgan fingerprint density at radius 2 is 0.720 bits per heavy atom. The third-order valence-electron chi connectivity index (χ3n) is 1.03. The molecular formula is C6H15GaO15P3+3. The van der Waals surface area contributed by atoms with Crippen LogP contribution in [0.2, 0.25) is 0 Å². The summed E-state index contributed by atoms with van der Waals surface area (Å²) in [7, 11) is -13.5. The van der Waals surface area contributed by atoms with Crippen molar-refractivity contribution in [2.75, 3.05) is 18.5 Å². The Kier molecular flexibility index (Phi) is 17.6. The fourth-order valence-electron chi connectivity index (χ4n) is 0.544. The van der Waals surface area contributed by atoms with Gasteiger partial charge in [-0.3, -0.25) is 0 Å². The van der Waals surface area contributed by atoms with Gasteiger partial charge >= 0.3 is 37.7 Å². The van der Waals surface area contributed by atoms with Gasteiger partial charge in [0, 0.05) is 14.4 Å². The molecule has 0 atom stereocenters. The van der Waals surface area contributed by atoms with E-state index in [0.717, 1.165) is 0 Å². The van der Waals surface area contributed by atoms with Crippen LogP contribution in [0.3, 0.4) is 0 Å². The Morgan fingerprint density at radius 1 is 0.600 bits per heavy atom. The maximum atomic E-state index is 9.68. The van der Waals surface area contributed by atoms with Crippen molar-refractivity contribution in [1.82, 2.24) is 0 Å². The molecule has 0 aliphatic heterocycles. The summed E-state index contributed by atoms with van der Waals surface area (Å²) in [6.45, 7) is 0. The minimum absolute atomic E-state index is 0. The summed E-state index contributed by atoms with van der Waals surface area (Å²) >= 11 is 0. The van der Waals surface area contributed by atoms with E-state index in [9.17, 15) is 43.7 Å². The smallest absolute Gasteiger partial charge is 0.768 e. The van der Waals surface area contributed by atoms with Gasteiger partial charge in [-0.2, -0.15) is 0 Å². The zero-order valence-electron chi connectivity index (χ0n) is 12.1. The number of hydrogen-bond donors (Lipinski definition) is 0.